The van der Waals surface area contributed by atoms with Crippen LogP contribution in [0.2, 0.25) is 0 Å². The molecule has 0 saturated heterocycles. The normalized spacial score (nSPS) is 18.8. The highest BCUT2D eigenvalue weighted by molar-refractivity contribution is 5.85. The van der Waals surface area contributed by atoms with E-state index in [0.717, 1.165) is 5.92 Å². The minimum Gasteiger partial charge on any atom is -0.309 e. The van der Waals surface area contributed by atoms with Crippen molar-refractivity contribution in [1.29, 1.82) is 0 Å². The molecule has 0 N–H and O–H groups in total. The SMILES string of the molecule is CN(C)CCC1CCCC1.Cl. The van der Waals surface area contributed by atoms with Crippen LogP contribution in [0.5, 0.6) is 0 Å². The van der Waals surface area contributed by atoms with Gasteiger partial charge >= 0.3 is 0 Å². The van der Waals surface area contributed by atoms with Crippen molar-refractivity contribution in [3.05, 3.63) is 0 Å². The summed E-state index contributed by atoms with van der Waals surface area (Å²) in [5.41, 5.74) is 0. The Labute approximate surface area is 76.6 Å². The van der Waals surface area contributed by atoms with Gasteiger partial charge in [0.05, 0.1) is 0 Å². The molecule has 0 spiro atoms. The van der Waals surface area contributed by atoms with Gasteiger partial charge in [0.25, 0.3) is 0 Å². The molecule has 0 radical (unpaired) electrons. The van der Waals surface area contributed by atoms with Crippen LogP contribution in [0.25, 0.3) is 0 Å². The van der Waals surface area contributed by atoms with E-state index in [-0.39, 0.29) is 12.4 Å². The van der Waals surface area contributed by atoms with Crippen molar-refractivity contribution in [3.8, 4) is 0 Å². The maximum Gasteiger partial charge on any atom is -0.00222 e. The standard InChI is InChI=1S/C9H19N.ClH/c1-10(2)8-7-9-5-3-4-6-9;/h9H,3-8H2,1-2H3;1H. The number of halogens is 1. The third-order valence-corrected chi connectivity index (χ3v) is 2.46. The number of rotatable bonds is 3. The molecule has 68 valence electrons. The summed E-state index contributed by atoms with van der Waals surface area (Å²) >= 11 is 0. The fourth-order valence-corrected chi connectivity index (χ4v) is 1.74. The Bertz CT molecular complexity index is 87.6. The van der Waals surface area contributed by atoms with Crippen molar-refractivity contribution in [2.24, 2.45) is 5.92 Å². The summed E-state index contributed by atoms with van der Waals surface area (Å²) in [6, 6.07) is 0. The highest BCUT2D eigenvalue weighted by atomic mass is 35.5. The molecule has 1 nitrogen and oxygen atoms in total. The molecule has 0 aromatic rings. The first-order valence-electron chi connectivity index (χ1n) is 4.44. The van der Waals surface area contributed by atoms with Gasteiger partial charge in [-0.1, -0.05) is 25.7 Å². The highest BCUT2D eigenvalue weighted by Gasteiger charge is 2.14. The van der Waals surface area contributed by atoms with E-state index in [1.807, 2.05) is 0 Å². The molecule has 1 rings (SSSR count). The first kappa shape index (κ1) is 11.2. The lowest BCUT2D eigenvalue weighted by molar-refractivity contribution is 0.352. The molecule has 1 saturated carbocycles. The van der Waals surface area contributed by atoms with Crippen LogP contribution in [-0.2, 0) is 0 Å². The van der Waals surface area contributed by atoms with Crippen LogP contribution < -0.4 is 0 Å². The molecule has 0 amide bonds. The molecule has 0 bridgehead atoms. The zero-order valence-corrected chi connectivity index (χ0v) is 8.49. The molecule has 1 aliphatic carbocycles. The molecule has 0 aromatic heterocycles. The summed E-state index contributed by atoms with van der Waals surface area (Å²) < 4.78 is 0. The van der Waals surface area contributed by atoms with Crippen molar-refractivity contribution in [3.63, 3.8) is 0 Å². The fraction of sp³-hybridized carbons (Fsp3) is 1.00. The highest BCUT2D eigenvalue weighted by Crippen LogP contribution is 2.27. The molecule has 0 aromatic carbocycles. The summed E-state index contributed by atoms with van der Waals surface area (Å²) in [4.78, 5) is 2.29. The van der Waals surface area contributed by atoms with Gasteiger partial charge in [0.1, 0.15) is 0 Å². The average molecular weight is 178 g/mol. The van der Waals surface area contributed by atoms with Crippen LogP contribution in [0.15, 0.2) is 0 Å². The Morgan fingerprint density at radius 3 is 2.18 bits per heavy atom. The van der Waals surface area contributed by atoms with Crippen LogP contribution in [0.4, 0.5) is 0 Å². The first-order valence-corrected chi connectivity index (χ1v) is 4.44. The molecule has 1 fully saturated rings. The predicted molar refractivity (Wildman–Crippen MR) is 52.4 cm³/mol. The van der Waals surface area contributed by atoms with E-state index < -0.39 is 0 Å². The Balaban J connectivity index is 0.000001000. The van der Waals surface area contributed by atoms with E-state index >= 15 is 0 Å². The Morgan fingerprint density at radius 2 is 1.73 bits per heavy atom. The topological polar surface area (TPSA) is 3.24 Å². The second-order valence-electron chi connectivity index (χ2n) is 3.74. The van der Waals surface area contributed by atoms with E-state index in [0.29, 0.717) is 0 Å². The monoisotopic (exact) mass is 177 g/mol. The lowest BCUT2D eigenvalue weighted by Gasteiger charge is -2.12. The van der Waals surface area contributed by atoms with Crippen molar-refractivity contribution < 1.29 is 0 Å². The largest absolute Gasteiger partial charge is 0.309 e. The molecular weight excluding hydrogens is 158 g/mol. The summed E-state index contributed by atoms with van der Waals surface area (Å²) in [5, 5.41) is 0. The Kier molecular flexibility index (Phi) is 5.98. The fourth-order valence-electron chi connectivity index (χ4n) is 1.74. The van der Waals surface area contributed by atoms with Crippen molar-refractivity contribution >= 4 is 12.4 Å². The van der Waals surface area contributed by atoms with Gasteiger partial charge in [-0.3, -0.25) is 0 Å². The van der Waals surface area contributed by atoms with Crippen LogP contribution in [0.1, 0.15) is 32.1 Å². The number of hydrogen-bond acceptors (Lipinski definition) is 1. The van der Waals surface area contributed by atoms with Crippen LogP contribution in [-0.4, -0.2) is 25.5 Å². The summed E-state index contributed by atoms with van der Waals surface area (Å²) in [5.74, 6) is 1.06. The van der Waals surface area contributed by atoms with E-state index in [1.54, 1.807) is 0 Å². The van der Waals surface area contributed by atoms with Gasteiger partial charge in [-0.15, -0.1) is 12.4 Å². The van der Waals surface area contributed by atoms with E-state index in [9.17, 15) is 0 Å². The van der Waals surface area contributed by atoms with Crippen LogP contribution in [0, 0.1) is 5.92 Å². The molecule has 11 heavy (non-hydrogen) atoms. The van der Waals surface area contributed by atoms with E-state index in [2.05, 4.69) is 19.0 Å². The molecule has 2 heteroatoms. The minimum absolute atomic E-state index is 0. The number of hydrogen-bond donors (Lipinski definition) is 0. The zero-order chi connectivity index (χ0) is 7.40. The molecule has 0 heterocycles. The third kappa shape index (κ3) is 4.65. The van der Waals surface area contributed by atoms with Gasteiger partial charge in [-0.25, -0.2) is 0 Å². The lowest BCUT2D eigenvalue weighted by Crippen LogP contribution is -2.15. The summed E-state index contributed by atoms with van der Waals surface area (Å²) in [6.07, 6.45) is 7.38. The number of nitrogens with zero attached hydrogens (tertiary/aromatic N) is 1. The smallest absolute Gasteiger partial charge is 0.00222 e. The van der Waals surface area contributed by atoms with E-state index in [4.69, 9.17) is 0 Å². The van der Waals surface area contributed by atoms with Gasteiger partial charge in [0.15, 0.2) is 0 Å². The Morgan fingerprint density at radius 1 is 1.18 bits per heavy atom. The molecule has 0 atom stereocenters. The van der Waals surface area contributed by atoms with Gasteiger partial charge < -0.3 is 4.90 Å². The van der Waals surface area contributed by atoms with Crippen molar-refractivity contribution in [2.45, 2.75) is 32.1 Å². The minimum atomic E-state index is 0. The zero-order valence-electron chi connectivity index (χ0n) is 7.68. The van der Waals surface area contributed by atoms with Gasteiger partial charge in [0.2, 0.25) is 0 Å². The lowest BCUT2D eigenvalue weighted by atomic mass is 10.0. The summed E-state index contributed by atoms with van der Waals surface area (Å²) in [6.45, 7) is 1.28. The molecule has 0 aliphatic heterocycles. The second-order valence-corrected chi connectivity index (χ2v) is 3.74. The predicted octanol–water partition coefficient (Wildman–Crippen LogP) is 2.55. The molecule has 0 unspecified atom stereocenters. The Hall–Kier alpha value is 0.250. The van der Waals surface area contributed by atoms with Gasteiger partial charge in [-0.2, -0.15) is 0 Å². The van der Waals surface area contributed by atoms with Crippen LogP contribution in [0.3, 0.4) is 0 Å². The van der Waals surface area contributed by atoms with Gasteiger partial charge in [0, 0.05) is 0 Å². The summed E-state index contributed by atoms with van der Waals surface area (Å²) in [7, 11) is 4.32. The van der Waals surface area contributed by atoms with Crippen molar-refractivity contribution in [2.75, 3.05) is 20.6 Å². The van der Waals surface area contributed by atoms with Crippen molar-refractivity contribution in [1.82, 2.24) is 4.90 Å². The van der Waals surface area contributed by atoms with E-state index in [1.165, 1.54) is 38.6 Å². The second kappa shape index (κ2) is 5.84. The molecular formula is C9H20ClN. The first-order chi connectivity index (χ1) is 4.79. The van der Waals surface area contributed by atoms with Gasteiger partial charge in [-0.05, 0) is 33.0 Å². The maximum atomic E-state index is 2.29. The molecule has 1 aliphatic rings. The quantitative estimate of drug-likeness (QED) is 0.641. The maximum absolute atomic E-state index is 2.29. The third-order valence-electron chi connectivity index (χ3n) is 2.46. The average Bonchev–Trinajstić information content (AvgIpc) is 2.34. The van der Waals surface area contributed by atoms with Crippen LogP contribution >= 0.6 is 12.4 Å².